The van der Waals surface area contributed by atoms with Crippen molar-refractivity contribution in [3.8, 4) is 0 Å². The van der Waals surface area contributed by atoms with Crippen molar-refractivity contribution in [3.05, 3.63) is 101 Å². The fraction of sp³-hybridized carbons (Fsp3) is 0.160. The Morgan fingerprint density at radius 2 is 1.68 bits per heavy atom. The second-order valence-electron chi connectivity index (χ2n) is 7.97. The molecule has 1 heterocycles. The SMILES string of the molecule is CC(N)=NC(=NS(=O)(=O)c1ccc(C)cc1)N1C[C@H](c2ccccc2)C(c2ccc(Cl)cc2)=N1. The number of sulfonamides is 1. The lowest BCUT2D eigenvalue weighted by Crippen LogP contribution is -2.27. The van der Waals surface area contributed by atoms with E-state index < -0.39 is 10.0 Å². The van der Waals surface area contributed by atoms with E-state index in [0.29, 0.717) is 11.6 Å². The highest BCUT2D eigenvalue weighted by atomic mass is 35.5. The van der Waals surface area contributed by atoms with Crippen LogP contribution < -0.4 is 5.73 Å². The maximum atomic E-state index is 13.0. The highest BCUT2D eigenvalue weighted by Crippen LogP contribution is 2.30. The highest BCUT2D eigenvalue weighted by Gasteiger charge is 2.32. The second kappa shape index (κ2) is 9.79. The first-order valence-corrected chi connectivity index (χ1v) is 12.4. The standard InChI is InChI=1S/C25H24ClN5O2S/c1-17-8-14-22(15-9-17)34(32,33)30-25(28-18(2)27)31-16-23(19-6-4-3-5-7-19)24(29-31)20-10-12-21(26)13-11-20/h3-15,23H,16H2,1-2H3,(H2,27,28,30)/t23-/m1/s1. The number of halogens is 1. The van der Waals surface area contributed by atoms with Gasteiger partial charge in [0.1, 0.15) is 0 Å². The summed E-state index contributed by atoms with van der Waals surface area (Å²) >= 11 is 6.08. The van der Waals surface area contributed by atoms with E-state index in [1.54, 1.807) is 31.2 Å². The summed E-state index contributed by atoms with van der Waals surface area (Å²) in [6.45, 7) is 3.80. The number of hydrazone groups is 1. The molecule has 1 aliphatic heterocycles. The summed E-state index contributed by atoms with van der Waals surface area (Å²) in [6.07, 6.45) is 0. The molecule has 0 amide bonds. The van der Waals surface area contributed by atoms with E-state index in [1.807, 2.05) is 49.4 Å². The Hall–Kier alpha value is -3.49. The number of guanidine groups is 1. The molecule has 4 rings (SSSR count). The molecule has 0 saturated heterocycles. The molecule has 1 atom stereocenters. The fourth-order valence-corrected chi connectivity index (χ4v) is 4.67. The average Bonchev–Trinajstić information content (AvgIpc) is 3.25. The molecule has 1 aliphatic rings. The van der Waals surface area contributed by atoms with Crippen LogP contribution >= 0.6 is 11.6 Å². The third-order valence-electron chi connectivity index (χ3n) is 5.28. The van der Waals surface area contributed by atoms with Crippen molar-refractivity contribution in [2.75, 3.05) is 6.54 Å². The third kappa shape index (κ3) is 5.35. The summed E-state index contributed by atoms with van der Waals surface area (Å²) in [6, 6.07) is 23.7. The van der Waals surface area contributed by atoms with Gasteiger partial charge in [-0.3, -0.25) is 0 Å². The molecule has 7 nitrogen and oxygen atoms in total. The number of aryl methyl sites for hydroxylation is 1. The van der Waals surface area contributed by atoms with Gasteiger partial charge in [-0.15, -0.1) is 4.40 Å². The van der Waals surface area contributed by atoms with Crippen LogP contribution in [-0.4, -0.2) is 37.5 Å². The van der Waals surface area contributed by atoms with Gasteiger partial charge in [-0.1, -0.05) is 71.8 Å². The minimum atomic E-state index is -4.03. The van der Waals surface area contributed by atoms with E-state index in [-0.39, 0.29) is 22.6 Å². The zero-order valence-corrected chi connectivity index (χ0v) is 20.3. The van der Waals surface area contributed by atoms with E-state index in [1.165, 1.54) is 17.1 Å². The molecule has 0 spiro atoms. The van der Waals surface area contributed by atoms with Crippen LogP contribution in [0.3, 0.4) is 0 Å². The monoisotopic (exact) mass is 493 g/mol. The van der Waals surface area contributed by atoms with Gasteiger partial charge in [0.05, 0.1) is 23.0 Å². The molecule has 2 N–H and O–H groups in total. The minimum absolute atomic E-state index is 0.0705. The summed E-state index contributed by atoms with van der Waals surface area (Å²) in [5.41, 5.74) is 9.44. The Morgan fingerprint density at radius 1 is 1.03 bits per heavy atom. The number of amidine groups is 1. The van der Waals surface area contributed by atoms with Crippen LogP contribution in [0.2, 0.25) is 5.02 Å². The first kappa shape index (κ1) is 23.7. The maximum absolute atomic E-state index is 13.0. The summed E-state index contributed by atoms with van der Waals surface area (Å²) < 4.78 is 30.1. The van der Waals surface area contributed by atoms with Gasteiger partial charge in [0.25, 0.3) is 16.0 Å². The number of hydrogen-bond donors (Lipinski definition) is 1. The molecule has 3 aromatic rings. The molecule has 0 bridgehead atoms. The van der Waals surface area contributed by atoms with E-state index in [9.17, 15) is 8.42 Å². The van der Waals surface area contributed by atoms with Crippen LogP contribution in [-0.2, 0) is 10.0 Å². The van der Waals surface area contributed by atoms with E-state index in [2.05, 4.69) is 9.39 Å². The van der Waals surface area contributed by atoms with Crippen molar-refractivity contribution in [2.24, 2.45) is 20.2 Å². The van der Waals surface area contributed by atoms with Gasteiger partial charge in [-0.05, 0) is 49.2 Å². The van der Waals surface area contributed by atoms with Crippen LogP contribution in [0.5, 0.6) is 0 Å². The zero-order chi connectivity index (χ0) is 24.3. The van der Waals surface area contributed by atoms with Gasteiger partial charge in [0.2, 0.25) is 0 Å². The Kier molecular flexibility index (Phi) is 6.81. The van der Waals surface area contributed by atoms with Crippen molar-refractivity contribution in [1.29, 1.82) is 0 Å². The van der Waals surface area contributed by atoms with E-state index >= 15 is 0 Å². The topological polar surface area (TPSA) is 100 Å². The minimum Gasteiger partial charge on any atom is -0.387 e. The lowest BCUT2D eigenvalue weighted by atomic mass is 9.91. The van der Waals surface area contributed by atoms with Crippen molar-refractivity contribution >= 4 is 39.1 Å². The van der Waals surface area contributed by atoms with Crippen LogP contribution in [0.1, 0.15) is 29.5 Å². The second-order valence-corrected chi connectivity index (χ2v) is 10.0. The molecular weight excluding hydrogens is 470 g/mol. The molecule has 0 unspecified atom stereocenters. The number of benzene rings is 3. The lowest BCUT2D eigenvalue weighted by Gasteiger charge is -2.16. The van der Waals surface area contributed by atoms with Crippen LogP contribution in [0.15, 0.2) is 98.2 Å². The molecule has 174 valence electrons. The van der Waals surface area contributed by atoms with Gasteiger partial charge in [0.15, 0.2) is 0 Å². The molecule has 0 aliphatic carbocycles. The average molecular weight is 494 g/mol. The predicted molar refractivity (Wildman–Crippen MR) is 137 cm³/mol. The molecule has 0 aromatic heterocycles. The summed E-state index contributed by atoms with van der Waals surface area (Å²) in [5.74, 6) is -0.0577. The summed E-state index contributed by atoms with van der Waals surface area (Å²) in [4.78, 5) is 4.29. The molecule has 9 heteroatoms. The van der Waals surface area contributed by atoms with E-state index in [0.717, 1.165) is 22.4 Å². The Labute approximate surface area is 204 Å². The lowest BCUT2D eigenvalue weighted by molar-refractivity contribution is 0.470. The van der Waals surface area contributed by atoms with Gasteiger partial charge < -0.3 is 5.73 Å². The third-order valence-corrected chi connectivity index (χ3v) is 6.81. The number of rotatable bonds is 4. The normalized spacial score (nSPS) is 17.1. The first-order chi connectivity index (χ1) is 16.2. The fourth-order valence-electron chi connectivity index (χ4n) is 3.61. The number of aliphatic imine (C=N–C) groups is 1. The maximum Gasteiger partial charge on any atom is 0.285 e. The molecule has 0 fully saturated rings. The van der Waals surface area contributed by atoms with Crippen molar-refractivity contribution < 1.29 is 8.42 Å². The number of nitrogens with zero attached hydrogens (tertiary/aromatic N) is 4. The van der Waals surface area contributed by atoms with Gasteiger partial charge in [0, 0.05) is 10.9 Å². The first-order valence-electron chi connectivity index (χ1n) is 10.6. The largest absolute Gasteiger partial charge is 0.387 e. The zero-order valence-electron chi connectivity index (χ0n) is 18.8. The van der Waals surface area contributed by atoms with E-state index in [4.69, 9.17) is 22.4 Å². The highest BCUT2D eigenvalue weighted by molar-refractivity contribution is 7.90. The summed E-state index contributed by atoms with van der Waals surface area (Å²) in [5, 5.41) is 6.85. The molecule has 3 aromatic carbocycles. The molecule has 0 radical (unpaired) electrons. The van der Waals surface area contributed by atoms with Crippen LogP contribution in [0, 0.1) is 6.92 Å². The quantitative estimate of drug-likeness (QED) is 0.424. The smallest absolute Gasteiger partial charge is 0.285 e. The number of hydrogen-bond acceptors (Lipinski definition) is 3. The molecule has 34 heavy (non-hydrogen) atoms. The Bertz CT molecular complexity index is 1360. The van der Waals surface area contributed by atoms with Crippen molar-refractivity contribution in [2.45, 2.75) is 24.7 Å². The van der Waals surface area contributed by atoms with Crippen molar-refractivity contribution in [3.63, 3.8) is 0 Å². The number of nitrogens with two attached hydrogens (primary N) is 1. The van der Waals surface area contributed by atoms with Gasteiger partial charge in [-0.2, -0.15) is 18.5 Å². The Morgan fingerprint density at radius 3 is 2.29 bits per heavy atom. The van der Waals surface area contributed by atoms with Gasteiger partial charge in [-0.25, -0.2) is 5.01 Å². The van der Waals surface area contributed by atoms with Crippen LogP contribution in [0.25, 0.3) is 0 Å². The molecule has 0 saturated carbocycles. The van der Waals surface area contributed by atoms with Gasteiger partial charge >= 0.3 is 0 Å². The Balaban J connectivity index is 1.80. The molecular formula is C25H24ClN5O2S. The summed E-state index contributed by atoms with van der Waals surface area (Å²) in [7, 11) is -4.03. The predicted octanol–water partition coefficient (Wildman–Crippen LogP) is 4.57. The van der Waals surface area contributed by atoms with Crippen molar-refractivity contribution in [1.82, 2.24) is 5.01 Å². The van der Waals surface area contributed by atoms with Crippen LogP contribution in [0.4, 0.5) is 0 Å².